The Morgan fingerprint density at radius 1 is 1.21 bits per heavy atom. The van der Waals surface area contributed by atoms with Crippen LogP contribution in [0.15, 0.2) is 41.9 Å². The van der Waals surface area contributed by atoms with E-state index in [0.717, 1.165) is 21.0 Å². The molecular weight excluding hydrogens is 298 g/mol. The summed E-state index contributed by atoms with van der Waals surface area (Å²) >= 11 is 9.01. The molecule has 0 fully saturated rings. The van der Waals surface area contributed by atoms with Gasteiger partial charge in [-0.05, 0) is 23.6 Å². The number of halogens is 1. The van der Waals surface area contributed by atoms with Crippen LogP contribution in [0.3, 0.4) is 0 Å². The molecule has 1 amide bonds. The predicted molar refractivity (Wildman–Crippen MR) is 82.4 cm³/mol. The van der Waals surface area contributed by atoms with E-state index in [-0.39, 0.29) is 5.91 Å². The quantitative estimate of drug-likeness (QED) is 0.807. The lowest BCUT2D eigenvalue weighted by molar-refractivity contribution is -0.121. The van der Waals surface area contributed by atoms with E-state index in [0.29, 0.717) is 9.91 Å². The maximum atomic E-state index is 12.4. The Bertz CT molecular complexity index is 697. The van der Waals surface area contributed by atoms with Crippen molar-refractivity contribution in [3.63, 3.8) is 0 Å². The fourth-order valence-electron chi connectivity index (χ4n) is 2.07. The van der Waals surface area contributed by atoms with Gasteiger partial charge in [0.15, 0.2) is 0 Å². The molecule has 2 aromatic rings. The SMILES string of the molecule is C=C1C(c2cccs2)=C(c2ccc(Cl)s2)C(=O)N1C. The minimum Gasteiger partial charge on any atom is -0.311 e. The van der Waals surface area contributed by atoms with E-state index < -0.39 is 0 Å². The van der Waals surface area contributed by atoms with E-state index in [9.17, 15) is 4.79 Å². The summed E-state index contributed by atoms with van der Waals surface area (Å²) in [6, 6.07) is 7.68. The molecule has 3 heterocycles. The molecule has 0 aliphatic carbocycles. The lowest BCUT2D eigenvalue weighted by atomic mass is 10.1. The summed E-state index contributed by atoms with van der Waals surface area (Å²) in [6.45, 7) is 4.03. The highest BCUT2D eigenvalue weighted by Gasteiger charge is 2.34. The highest BCUT2D eigenvalue weighted by Crippen LogP contribution is 2.43. The molecule has 1 aliphatic heterocycles. The number of rotatable bonds is 2. The van der Waals surface area contributed by atoms with Crippen LogP contribution in [0.5, 0.6) is 0 Å². The minimum absolute atomic E-state index is 0.0214. The average Bonchev–Trinajstić information content (AvgIpc) is 3.07. The van der Waals surface area contributed by atoms with Crippen molar-refractivity contribution in [3.05, 3.63) is 56.0 Å². The molecule has 5 heteroatoms. The molecule has 2 aromatic heterocycles. The number of allylic oxidation sites excluding steroid dienone is 1. The van der Waals surface area contributed by atoms with Gasteiger partial charge in [-0.2, -0.15) is 0 Å². The summed E-state index contributed by atoms with van der Waals surface area (Å²) in [6.07, 6.45) is 0. The van der Waals surface area contributed by atoms with Gasteiger partial charge in [0.2, 0.25) is 0 Å². The van der Waals surface area contributed by atoms with Crippen molar-refractivity contribution in [1.82, 2.24) is 4.90 Å². The van der Waals surface area contributed by atoms with Crippen LogP contribution in [-0.4, -0.2) is 17.9 Å². The number of hydrogen-bond acceptors (Lipinski definition) is 3. The molecule has 0 aromatic carbocycles. The van der Waals surface area contributed by atoms with Crippen LogP contribution in [0.4, 0.5) is 0 Å². The fraction of sp³-hybridized carbons (Fsp3) is 0.0714. The van der Waals surface area contributed by atoms with Crippen molar-refractivity contribution < 1.29 is 4.79 Å². The number of carbonyl (C=O) groups is 1. The van der Waals surface area contributed by atoms with Crippen LogP contribution in [0, 0.1) is 0 Å². The van der Waals surface area contributed by atoms with Gasteiger partial charge >= 0.3 is 0 Å². The number of thiophene rings is 2. The van der Waals surface area contributed by atoms with E-state index in [1.165, 1.54) is 11.3 Å². The summed E-state index contributed by atoms with van der Waals surface area (Å²) in [4.78, 5) is 16.0. The van der Waals surface area contributed by atoms with Crippen LogP contribution in [0.1, 0.15) is 9.75 Å². The van der Waals surface area contributed by atoms with Gasteiger partial charge in [-0.25, -0.2) is 0 Å². The van der Waals surface area contributed by atoms with Crippen molar-refractivity contribution in [2.75, 3.05) is 7.05 Å². The number of carbonyl (C=O) groups excluding carboxylic acids is 1. The summed E-state index contributed by atoms with van der Waals surface area (Å²) < 4.78 is 0.681. The second-order valence-corrected chi connectivity index (χ2v) is 6.80. The maximum Gasteiger partial charge on any atom is 0.260 e. The molecule has 0 bridgehead atoms. The summed E-state index contributed by atoms with van der Waals surface area (Å²) in [5.74, 6) is -0.0214. The minimum atomic E-state index is -0.0214. The maximum absolute atomic E-state index is 12.4. The lowest BCUT2D eigenvalue weighted by Gasteiger charge is -2.10. The van der Waals surface area contributed by atoms with Crippen molar-refractivity contribution in [1.29, 1.82) is 0 Å². The van der Waals surface area contributed by atoms with Gasteiger partial charge in [0.1, 0.15) is 0 Å². The standard InChI is InChI=1S/C14H10ClNOS2/c1-8-12(9-4-3-7-18-9)13(14(17)16(8)2)10-5-6-11(15)19-10/h3-7H,1H2,2H3. The van der Waals surface area contributed by atoms with Crippen LogP contribution in [0.2, 0.25) is 4.34 Å². The molecule has 3 rings (SSSR count). The monoisotopic (exact) mass is 307 g/mol. The number of amides is 1. The van der Waals surface area contributed by atoms with Gasteiger partial charge in [-0.3, -0.25) is 4.79 Å². The van der Waals surface area contributed by atoms with Crippen molar-refractivity contribution in [2.24, 2.45) is 0 Å². The number of nitrogens with zero attached hydrogens (tertiary/aromatic N) is 1. The average molecular weight is 308 g/mol. The molecule has 0 N–H and O–H groups in total. The van der Waals surface area contributed by atoms with Crippen LogP contribution in [0.25, 0.3) is 11.1 Å². The molecule has 0 unspecified atom stereocenters. The topological polar surface area (TPSA) is 20.3 Å². The number of hydrogen-bond donors (Lipinski definition) is 0. The van der Waals surface area contributed by atoms with Crippen LogP contribution in [-0.2, 0) is 4.79 Å². The number of likely N-dealkylation sites (N-methyl/N-ethyl adjacent to an activating group) is 1. The normalized spacial score (nSPS) is 15.8. The van der Waals surface area contributed by atoms with Crippen LogP contribution >= 0.6 is 34.3 Å². The van der Waals surface area contributed by atoms with E-state index in [2.05, 4.69) is 6.58 Å². The van der Waals surface area contributed by atoms with Gasteiger partial charge in [0, 0.05) is 28.1 Å². The molecule has 0 saturated heterocycles. The van der Waals surface area contributed by atoms with E-state index >= 15 is 0 Å². The molecule has 1 aliphatic rings. The van der Waals surface area contributed by atoms with Crippen molar-refractivity contribution >= 4 is 51.3 Å². The first kappa shape index (κ1) is 12.7. The van der Waals surface area contributed by atoms with Gasteiger partial charge in [0.25, 0.3) is 5.91 Å². The fourth-order valence-corrected chi connectivity index (χ4v) is 3.96. The first-order valence-corrected chi connectivity index (χ1v) is 7.68. The molecule has 96 valence electrons. The zero-order valence-corrected chi connectivity index (χ0v) is 12.5. The third-order valence-corrected chi connectivity index (χ3v) is 5.19. The summed E-state index contributed by atoms with van der Waals surface area (Å²) in [5, 5.41) is 2.00. The Hall–Kier alpha value is -1.36. The molecule has 0 spiro atoms. The lowest BCUT2D eigenvalue weighted by Crippen LogP contribution is -2.19. The molecule has 0 radical (unpaired) electrons. The largest absolute Gasteiger partial charge is 0.311 e. The highest BCUT2D eigenvalue weighted by molar-refractivity contribution is 7.17. The molecule has 2 nitrogen and oxygen atoms in total. The zero-order chi connectivity index (χ0) is 13.6. The van der Waals surface area contributed by atoms with Crippen molar-refractivity contribution in [2.45, 2.75) is 0 Å². The highest BCUT2D eigenvalue weighted by atomic mass is 35.5. The Morgan fingerprint density at radius 2 is 2.00 bits per heavy atom. The Morgan fingerprint density at radius 3 is 2.58 bits per heavy atom. The first-order chi connectivity index (χ1) is 9.09. The zero-order valence-electron chi connectivity index (χ0n) is 10.1. The van der Waals surface area contributed by atoms with Crippen molar-refractivity contribution in [3.8, 4) is 0 Å². The molecular formula is C14H10ClNOS2. The first-order valence-electron chi connectivity index (χ1n) is 5.61. The Labute approximate surface area is 124 Å². The third-order valence-electron chi connectivity index (χ3n) is 3.05. The Kier molecular flexibility index (Phi) is 3.09. The van der Waals surface area contributed by atoms with Gasteiger partial charge in [-0.15, -0.1) is 22.7 Å². The van der Waals surface area contributed by atoms with Gasteiger partial charge < -0.3 is 4.90 Å². The Balaban J connectivity index is 2.25. The summed E-state index contributed by atoms with van der Waals surface area (Å²) in [5.41, 5.74) is 2.36. The smallest absolute Gasteiger partial charge is 0.260 e. The molecule has 0 saturated carbocycles. The van der Waals surface area contributed by atoms with Gasteiger partial charge in [-0.1, -0.05) is 24.2 Å². The summed E-state index contributed by atoms with van der Waals surface area (Å²) in [7, 11) is 1.75. The van der Waals surface area contributed by atoms with Crippen LogP contribution < -0.4 is 0 Å². The second kappa shape index (κ2) is 4.63. The van der Waals surface area contributed by atoms with E-state index in [4.69, 9.17) is 11.6 Å². The van der Waals surface area contributed by atoms with Gasteiger partial charge in [0.05, 0.1) is 9.91 Å². The second-order valence-electron chi connectivity index (χ2n) is 4.14. The molecule has 0 atom stereocenters. The van der Waals surface area contributed by atoms with E-state index in [1.54, 1.807) is 23.3 Å². The molecule has 19 heavy (non-hydrogen) atoms. The van der Waals surface area contributed by atoms with E-state index in [1.807, 2.05) is 29.6 Å². The third kappa shape index (κ3) is 1.96. The predicted octanol–water partition coefficient (Wildman–Crippen LogP) is 4.36.